The molecule has 28 heavy (non-hydrogen) atoms. The van der Waals surface area contributed by atoms with Crippen LogP contribution in [0.2, 0.25) is 0 Å². The summed E-state index contributed by atoms with van der Waals surface area (Å²) in [5.41, 5.74) is -1.04. The van der Waals surface area contributed by atoms with Gasteiger partial charge in [0.15, 0.2) is 0 Å². The highest BCUT2D eigenvalue weighted by Crippen LogP contribution is 2.34. The number of rotatable bonds is 4. The van der Waals surface area contributed by atoms with Gasteiger partial charge in [-0.3, -0.25) is 9.59 Å². The van der Waals surface area contributed by atoms with Crippen LogP contribution in [0, 0.1) is 0 Å². The number of sulfonamides is 1. The average molecular weight is 412 g/mol. The van der Waals surface area contributed by atoms with E-state index in [1.807, 2.05) is 0 Å². The van der Waals surface area contributed by atoms with Crippen LogP contribution in [0.3, 0.4) is 0 Å². The Labute approximate surface area is 159 Å². The highest BCUT2D eigenvalue weighted by Gasteiger charge is 2.37. The summed E-state index contributed by atoms with van der Waals surface area (Å²) in [6, 6.07) is 9.28. The van der Waals surface area contributed by atoms with Crippen molar-refractivity contribution in [3.63, 3.8) is 0 Å². The molecule has 0 bridgehead atoms. The van der Waals surface area contributed by atoms with Crippen molar-refractivity contribution in [1.82, 2.24) is 4.72 Å². The summed E-state index contributed by atoms with van der Waals surface area (Å²) in [7, 11) is -4.76. The molecule has 3 rings (SSSR count). The van der Waals surface area contributed by atoms with Crippen LogP contribution in [0.5, 0.6) is 0 Å². The van der Waals surface area contributed by atoms with Gasteiger partial charge in [-0.05, 0) is 36.8 Å². The molecule has 2 aromatic rings. The molecule has 148 valence electrons. The minimum atomic E-state index is -4.90. The summed E-state index contributed by atoms with van der Waals surface area (Å²) in [4.78, 5) is 24.6. The third-order valence-electron chi connectivity index (χ3n) is 4.20. The predicted octanol–water partition coefficient (Wildman–Crippen LogP) is 2.95. The lowest BCUT2D eigenvalue weighted by atomic mass is 10.2. The van der Waals surface area contributed by atoms with E-state index < -0.39 is 32.6 Å². The summed E-state index contributed by atoms with van der Waals surface area (Å²) in [6.07, 6.45) is -3.86. The molecular weight excluding hydrogens is 397 g/mol. The normalized spacial score (nSPS) is 15.0. The third kappa shape index (κ3) is 4.01. The first kappa shape index (κ1) is 19.9. The highest BCUT2D eigenvalue weighted by atomic mass is 32.2. The maximum Gasteiger partial charge on any atom is 0.417 e. The molecular formula is C18H15F3N2O4S. The van der Waals surface area contributed by atoms with Crippen LogP contribution in [0.25, 0.3) is 0 Å². The fraction of sp³-hybridized carbons (Fsp3) is 0.222. The summed E-state index contributed by atoms with van der Waals surface area (Å²) < 4.78 is 65.7. The number of nitrogens with zero attached hydrogens (tertiary/aromatic N) is 1. The summed E-state index contributed by atoms with van der Waals surface area (Å²) >= 11 is 0. The fourth-order valence-corrected chi connectivity index (χ4v) is 4.11. The molecule has 10 heteroatoms. The topological polar surface area (TPSA) is 83.6 Å². The number of carbonyl (C=O) groups is 2. The van der Waals surface area contributed by atoms with Gasteiger partial charge in [0, 0.05) is 24.2 Å². The highest BCUT2D eigenvalue weighted by molar-refractivity contribution is 7.90. The largest absolute Gasteiger partial charge is 0.417 e. The molecule has 0 radical (unpaired) electrons. The Bertz CT molecular complexity index is 1040. The van der Waals surface area contributed by atoms with Gasteiger partial charge in [-0.1, -0.05) is 18.2 Å². The van der Waals surface area contributed by atoms with E-state index in [0.29, 0.717) is 31.1 Å². The van der Waals surface area contributed by atoms with Gasteiger partial charge < -0.3 is 4.90 Å². The summed E-state index contributed by atoms with van der Waals surface area (Å²) in [5.74, 6) is -1.21. The Balaban J connectivity index is 1.88. The number of benzene rings is 2. The van der Waals surface area contributed by atoms with E-state index in [1.165, 1.54) is 23.1 Å². The predicted molar refractivity (Wildman–Crippen MR) is 94.1 cm³/mol. The average Bonchev–Trinajstić information content (AvgIpc) is 3.07. The van der Waals surface area contributed by atoms with Crippen LogP contribution in [0.1, 0.15) is 28.8 Å². The van der Waals surface area contributed by atoms with Gasteiger partial charge in [0.25, 0.3) is 15.9 Å². The van der Waals surface area contributed by atoms with Gasteiger partial charge in [-0.2, -0.15) is 13.2 Å². The zero-order valence-corrected chi connectivity index (χ0v) is 15.2. The lowest BCUT2D eigenvalue weighted by molar-refractivity contribution is -0.139. The van der Waals surface area contributed by atoms with Gasteiger partial charge in [-0.15, -0.1) is 0 Å². The van der Waals surface area contributed by atoms with E-state index in [1.54, 1.807) is 10.8 Å². The van der Waals surface area contributed by atoms with Gasteiger partial charge in [0.1, 0.15) is 0 Å². The number of hydrogen-bond donors (Lipinski definition) is 1. The molecule has 2 aromatic carbocycles. The molecule has 1 heterocycles. The molecule has 2 amide bonds. The van der Waals surface area contributed by atoms with Crippen molar-refractivity contribution in [1.29, 1.82) is 0 Å². The molecule has 1 aliphatic rings. The van der Waals surface area contributed by atoms with Gasteiger partial charge in [0.2, 0.25) is 5.91 Å². The van der Waals surface area contributed by atoms with E-state index in [4.69, 9.17) is 0 Å². The standard InChI is InChI=1S/C18H15F3N2O4S/c19-18(20,21)14-7-1-2-8-15(14)28(26,27)22-17(25)12-5-3-6-13(11-12)23-10-4-9-16(23)24/h1-3,5-8,11H,4,9-10H2,(H,22,25). The number of amides is 2. The van der Waals surface area contributed by atoms with Crippen LogP contribution < -0.4 is 9.62 Å². The van der Waals surface area contributed by atoms with Gasteiger partial charge in [0.05, 0.1) is 10.5 Å². The van der Waals surface area contributed by atoms with Crippen molar-refractivity contribution in [2.24, 2.45) is 0 Å². The van der Waals surface area contributed by atoms with E-state index in [9.17, 15) is 31.2 Å². The SMILES string of the molecule is O=C(NS(=O)(=O)c1ccccc1C(F)(F)F)c1cccc(N2CCCC2=O)c1. The van der Waals surface area contributed by atoms with E-state index in [0.717, 1.165) is 18.2 Å². The number of carbonyl (C=O) groups excluding carboxylic acids is 2. The Kier molecular flexibility index (Phi) is 5.16. The first-order valence-electron chi connectivity index (χ1n) is 8.23. The lowest BCUT2D eigenvalue weighted by Gasteiger charge is -2.17. The quantitative estimate of drug-likeness (QED) is 0.837. The van der Waals surface area contributed by atoms with Crippen molar-refractivity contribution in [3.05, 3.63) is 59.7 Å². The molecule has 0 aromatic heterocycles. The summed E-state index contributed by atoms with van der Waals surface area (Å²) in [5, 5.41) is 0. The fourth-order valence-electron chi connectivity index (χ4n) is 2.91. The summed E-state index contributed by atoms with van der Waals surface area (Å²) in [6.45, 7) is 0.473. The van der Waals surface area contributed by atoms with Crippen LogP contribution >= 0.6 is 0 Å². The molecule has 6 nitrogen and oxygen atoms in total. The Morgan fingerprint density at radius 3 is 2.43 bits per heavy atom. The third-order valence-corrected chi connectivity index (χ3v) is 5.59. The molecule has 0 spiro atoms. The Morgan fingerprint density at radius 2 is 1.79 bits per heavy atom. The molecule has 0 unspecified atom stereocenters. The molecule has 1 aliphatic heterocycles. The number of hydrogen-bond acceptors (Lipinski definition) is 4. The Hall–Kier alpha value is -2.88. The zero-order chi connectivity index (χ0) is 20.5. The van der Waals surface area contributed by atoms with Crippen LogP contribution in [0.4, 0.5) is 18.9 Å². The number of halogens is 3. The van der Waals surface area contributed by atoms with Crippen molar-refractivity contribution < 1.29 is 31.2 Å². The van der Waals surface area contributed by atoms with Gasteiger partial charge in [-0.25, -0.2) is 13.1 Å². The molecule has 0 aliphatic carbocycles. The first-order valence-corrected chi connectivity index (χ1v) is 9.72. The van der Waals surface area contributed by atoms with Crippen LogP contribution in [-0.4, -0.2) is 26.8 Å². The second kappa shape index (κ2) is 7.27. The van der Waals surface area contributed by atoms with Crippen LogP contribution in [0.15, 0.2) is 53.4 Å². The van der Waals surface area contributed by atoms with Crippen molar-refractivity contribution in [3.8, 4) is 0 Å². The number of alkyl halides is 3. The van der Waals surface area contributed by atoms with E-state index in [2.05, 4.69) is 0 Å². The maximum absolute atomic E-state index is 13.1. The van der Waals surface area contributed by atoms with E-state index >= 15 is 0 Å². The second-order valence-electron chi connectivity index (χ2n) is 6.13. The molecule has 0 atom stereocenters. The maximum atomic E-state index is 13.1. The van der Waals surface area contributed by atoms with Crippen molar-refractivity contribution in [2.75, 3.05) is 11.4 Å². The van der Waals surface area contributed by atoms with Crippen molar-refractivity contribution in [2.45, 2.75) is 23.9 Å². The second-order valence-corrected chi connectivity index (χ2v) is 7.78. The molecule has 1 saturated heterocycles. The van der Waals surface area contributed by atoms with Gasteiger partial charge >= 0.3 is 6.18 Å². The molecule has 1 N–H and O–H groups in total. The monoisotopic (exact) mass is 412 g/mol. The zero-order valence-electron chi connectivity index (χ0n) is 14.4. The molecule has 1 fully saturated rings. The van der Waals surface area contributed by atoms with Crippen LogP contribution in [-0.2, 0) is 21.0 Å². The molecule has 0 saturated carbocycles. The minimum absolute atomic E-state index is 0.0923. The van der Waals surface area contributed by atoms with Crippen molar-refractivity contribution >= 4 is 27.5 Å². The minimum Gasteiger partial charge on any atom is -0.312 e. The smallest absolute Gasteiger partial charge is 0.312 e. The Morgan fingerprint density at radius 1 is 1.07 bits per heavy atom. The number of nitrogens with one attached hydrogen (secondary N) is 1. The van der Waals surface area contributed by atoms with E-state index in [-0.39, 0.29) is 11.5 Å². The first-order chi connectivity index (χ1) is 13.1. The lowest BCUT2D eigenvalue weighted by Crippen LogP contribution is -2.32. The number of anilines is 1.